The molecule has 9 nitrogen and oxygen atoms in total. The maximum Gasteiger partial charge on any atom is 0.343 e. The summed E-state index contributed by atoms with van der Waals surface area (Å²) in [6.45, 7) is 5.17. The zero-order valence-corrected chi connectivity index (χ0v) is 15.8. The number of ether oxygens (including phenoxy) is 1. The van der Waals surface area contributed by atoms with Crippen LogP contribution in [-0.2, 0) is 24.4 Å². The van der Waals surface area contributed by atoms with Crippen molar-refractivity contribution in [1.82, 2.24) is 23.9 Å². The highest BCUT2D eigenvalue weighted by atomic mass is 32.1. The first-order valence-electron chi connectivity index (χ1n) is 8.34. The molecule has 0 aliphatic carbocycles. The molecule has 0 aromatic carbocycles. The number of rotatable bonds is 7. The standard InChI is InChI=1S/C16H21N5O4S/c1-4-19-13(22)12-10(2)11(8-21-15(23)17-9-18-21)26-14(12)20(16(19)24)6-5-7-25-3/h9H,4-8H2,1-3H3,(H,17,18,23). The van der Waals surface area contributed by atoms with Crippen LogP contribution in [0.4, 0.5) is 0 Å². The summed E-state index contributed by atoms with van der Waals surface area (Å²) in [5.74, 6) is 0. The molecule has 0 aliphatic heterocycles. The lowest BCUT2D eigenvalue weighted by atomic mass is 10.2. The quantitative estimate of drug-likeness (QED) is 0.603. The molecule has 0 spiro atoms. The smallest absolute Gasteiger partial charge is 0.343 e. The molecule has 3 rings (SSSR count). The van der Waals surface area contributed by atoms with E-state index in [0.29, 0.717) is 36.3 Å². The lowest BCUT2D eigenvalue weighted by Crippen LogP contribution is -2.39. The molecule has 140 valence electrons. The topological polar surface area (TPSA) is 104 Å². The van der Waals surface area contributed by atoms with Crippen molar-refractivity contribution in [2.24, 2.45) is 0 Å². The van der Waals surface area contributed by atoms with Gasteiger partial charge in [-0.25, -0.2) is 14.3 Å². The van der Waals surface area contributed by atoms with Crippen LogP contribution in [0, 0.1) is 6.92 Å². The number of fused-ring (bicyclic) bond motifs is 1. The van der Waals surface area contributed by atoms with Crippen molar-refractivity contribution in [1.29, 1.82) is 0 Å². The summed E-state index contributed by atoms with van der Waals surface area (Å²) in [6.07, 6.45) is 1.99. The van der Waals surface area contributed by atoms with Crippen LogP contribution in [0.3, 0.4) is 0 Å². The normalized spacial score (nSPS) is 11.5. The van der Waals surface area contributed by atoms with Gasteiger partial charge in [-0.15, -0.1) is 11.3 Å². The van der Waals surface area contributed by atoms with Gasteiger partial charge in [0.15, 0.2) is 0 Å². The van der Waals surface area contributed by atoms with Crippen LogP contribution in [0.2, 0.25) is 0 Å². The van der Waals surface area contributed by atoms with Crippen LogP contribution in [-0.4, -0.2) is 37.6 Å². The maximum atomic E-state index is 12.8. The monoisotopic (exact) mass is 379 g/mol. The van der Waals surface area contributed by atoms with Crippen molar-refractivity contribution in [2.45, 2.75) is 39.9 Å². The number of aromatic nitrogens is 5. The van der Waals surface area contributed by atoms with Crippen molar-refractivity contribution in [2.75, 3.05) is 13.7 Å². The van der Waals surface area contributed by atoms with Gasteiger partial charge in [0.2, 0.25) is 0 Å². The number of aryl methyl sites for hydroxylation is 2. The molecule has 1 N–H and O–H groups in total. The highest BCUT2D eigenvalue weighted by molar-refractivity contribution is 7.18. The van der Waals surface area contributed by atoms with E-state index < -0.39 is 0 Å². The molecule has 0 amide bonds. The summed E-state index contributed by atoms with van der Waals surface area (Å²) in [5, 5.41) is 4.50. The number of H-pyrrole nitrogens is 1. The van der Waals surface area contributed by atoms with E-state index in [1.54, 1.807) is 18.6 Å². The van der Waals surface area contributed by atoms with E-state index in [1.165, 1.54) is 26.9 Å². The van der Waals surface area contributed by atoms with E-state index in [-0.39, 0.29) is 23.5 Å². The van der Waals surface area contributed by atoms with E-state index in [2.05, 4.69) is 10.1 Å². The molecular formula is C16H21N5O4S. The number of nitrogens with zero attached hydrogens (tertiary/aromatic N) is 4. The third-order valence-corrected chi connectivity index (χ3v) is 5.65. The van der Waals surface area contributed by atoms with Gasteiger partial charge in [0.05, 0.1) is 11.9 Å². The Morgan fingerprint density at radius 2 is 2.04 bits per heavy atom. The molecule has 0 saturated carbocycles. The van der Waals surface area contributed by atoms with Gasteiger partial charge in [0.1, 0.15) is 11.2 Å². The van der Waals surface area contributed by atoms with E-state index in [0.717, 1.165) is 10.4 Å². The highest BCUT2D eigenvalue weighted by Gasteiger charge is 2.20. The Balaban J connectivity index is 2.20. The zero-order chi connectivity index (χ0) is 18.8. The second kappa shape index (κ2) is 7.42. The largest absolute Gasteiger partial charge is 0.385 e. The number of hydrogen-bond acceptors (Lipinski definition) is 6. The highest BCUT2D eigenvalue weighted by Crippen LogP contribution is 2.28. The minimum absolute atomic E-state index is 0.255. The van der Waals surface area contributed by atoms with Crippen LogP contribution < -0.4 is 16.9 Å². The minimum atomic E-state index is -0.315. The molecular weight excluding hydrogens is 358 g/mol. The molecule has 0 saturated heterocycles. The molecule has 3 aromatic rings. The Morgan fingerprint density at radius 3 is 2.65 bits per heavy atom. The molecule has 0 radical (unpaired) electrons. The van der Waals surface area contributed by atoms with E-state index in [4.69, 9.17) is 4.74 Å². The predicted octanol–water partition coefficient (Wildman–Crippen LogP) is 0.523. The van der Waals surface area contributed by atoms with Crippen molar-refractivity contribution in [3.63, 3.8) is 0 Å². The van der Waals surface area contributed by atoms with E-state index in [1.807, 2.05) is 6.92 Å². The Hall–Kier alpha value is -2.46. The predicted molar refractivity (Wildman–Crippen MR) is 99.2 cm³/mol. The number of aromatic amines is 1. The van der Waals surface area contributed by atoms with Crippen molar-refractivity contribution >= 4 is 21.6 Å². The zero-order valence-electron chi connectivity index (χ0n) is 14.9. The van der Waals surface area contributed by atoms with Gasteiger partial charge in [-0.1, -0.05) is 0 Å². The minimum Gasteiger partial charge on any atom is -0.385 e. The average Bonchev–Trinajstić information content (AvgIpc) is 3.16. The SMILES string of the molecule is CCn1c(=O)c2c(C)c(Cn3nc[nH]c3=O)sc2n(CCCOC)c1=O. The van der Waals surface area contributed by atoms with Gasteiger partial charge in [0, 0.05) is 31.7 Å². The summed E-state index contributed by atoms with van der Waals surface area (Å²) in [6, 6.07) is 0. The second-order valence-corrected chi connectivity index (χ2v) is 7.00. The van der Waals surface area contributed by atoms with Crippen LogP contribution >= 0.6 is 11.3 Å². The van der Waals surface area contributed by atoms with Gasteiger partial charge < -0.3 is 4.74 Å². The molecule has 10 heteroatoms. The third kappa shape index (κ3) is 3.06. The van der Waals surface area contributed by atoms with Crippen molar-refractivity contribution < 1.29 is 4.74 Å². The summed E-state index contributed by atoms with van der Waals surface area (Å²) < 4.78 is 9.25. The first-order valence-corrected chi connectivity index (χ1v) is 9.16. The molecule has 3 aromatic heterocycles. The first kappa shape index (κ1) is 18.3. The third-order valence-electron chi connectivity index (χ3n) is 4.35. The Morgan fingerprint density at radius 1 is 1.27 bits per heavy atom. The van der Waals surface area contributed by atoms with Crippen molar-refractivity contribution in [3.8, 4) is 0 Å². The van der Waals surface area contributed by atoms with Gasteiger partial charge in [-0.2, -0.15) is 5.10 Å². The lowest BCUT2D eigenvalue weighted by Gasteiger charge is -2.10. The van der Waals surface area contributed by atoms with E-state index >= 15 is 0 Å². The Labute approximate surface area is 152 Å². The number of thiophene rings is 1. The lowest BCUT2D eigenvalue weighted by molar-refractivity contribution is 0.190. The summed E-state index contributed by atoms with van der Waals surface area (Å²) in [5.41, 5.74) is -0.131. The van der Waals surface area contributed by atoms with Crippen LogP contribution in [0.1, 0.15) is 23.8 Å². The Kier molecular flexibility index (Phi) is 5.23. The molecule has 0 unspecified atom stereocenters. The number of methoxy groups -OCH3 is 1. The fraction of sp³-hybridized carbons (Fsp3) is 0.500. The number of nitrogens with one attached hydrogen (secondary N) is 1. The van der Waals surface area contributed by atoms with Crippen LogP contribution in [0.25, 0.3) is 10.2 Å². The van der Waals surface area contributed by atoms with Gasteiger partial charge in [-0.3, -0.25) is 18.9 Å². The summed E-state index contributed by atoms with van der Waals surface area (Å²) >= 11 is 1.36. The Bertz CT molecular complexity index is 1100. The fourth-order valence-electron chi connectivity index (χ4n) is 2.96. The van der Waals surface area contributed by atoms with Gasteiger partial charge >= 0.3 is 11.4 Å². The molecule has 0 fully saturated rings. The van der Waals surface area contributed by atoms with Crippen molar-refractivity contribution in [3.05, 3.63) is 48.1 Å². The molecule has 3 heterocycles. The fourth-order valence-corrected chi connectivity index (χ4v) is 4.26. The van der Waals surface area contributed by atoms with Crippen LogP contribution in [0.5, 0.6) is 0 Å². The molecule has 26 heavy (non-hydrogen) atoms. The van der Waals surface area contributed by atoms with Gasteiger partial charge in [0.25, 0.3) is 5.56 Å². The second-order valence-electron chi connectivity index (χ2n) is 5.91. The summed E-state index contributed by atoms with van der Waals surface area (Å²) in [7, 11) is 1.61. The number of hydrogen-bond donors (Lipinski definition) is 1. The molecule has 0 bridgehead atoms. The molecule has 0 atom stereocenters. The molecule has 0 aliphatic rings. The average molecular weight is 379 g/mol. The van der Waals surface area contributed by atoms with Crippen LogP contribution in [0.15, 0.2) is 20.7 Å². The maximum absolute atomic E-state index is 12.8. The van der Waals surface area contributed by atoms with Gasteiger partial charge in [-0.05, 0) is 25.8 Å². The first-order chi connectivity index (χ1) is 12.5. The van der Waals surface area contributed by atoms with E-state index in [9.17, 15) is 14.4 Å². The summed E-state index contributed by atoms with van der Waals surface area (Å²) in [4.78, 5) is 41.2.